The van der Waals surface area contributed by atoms with Gasteiger partial charge in [-0.05, 0) is 81.5 Å². The Bertz CT molecular complexity index is 1920. The van der Waals surface area contributed by atoms with Gasteiger partial charge < -0.3 is 33.3 Å². The Morgan fingerprint density at radius 1 is 0.932 bits per heavy atom. The van der Waals surface area contributed by atoms with Crippen molar-refractivity contribution in [3.8, 4) is 5.75 Å². The van der Waals surface area contributed by atoms with Crippen LogP contribution in [0.5, 0.6) is 5.75 Å². The molecular formula is C44H62N4O10S. The molecule has 0 aromatic heterocycles. The zero-order valence-electron chi connectivity index (χ0n) is 35.5. The Morgan fingerprint density at radius 3 is 2.36 bits per heavy atom. The molecule has 0 bridgehead atoms. The molecule has 1 saturated heterocycles. The number of anilines is 1. The number of piperidine rings is 1. The Hall–Kier alpha value is -4.25. The molecular weight excluding hydrogens is 777 g/mol. The third-order valence-electron chi connectivity index (χ3n) is 10.2. The van der Waals surface area contributed by atoms with Gasteiger partial charge in [0.25, 0.3) is 0 Å². The molecule has 0 radical (unpaired) electrons. The number of carbonyl (C=O) groups is 2. The molecule has 14 nitrogen and oxygen atoms in total. The first-order valence-electron chi connectivity index (χ1n) is 20.3. The number of methoxy groups -OCH3 is 2. The second-order valence-electron chi connectivity index (χ2n) is 16.4. The Kier molecular flexibility index (Phi) is 16.6. The minimum absolute atomic E-state index is 0.0161. The van der Waals surface area contributed by atoms with Crippen molar-refractivity contribution in [3.05, 3.63) is 89.0 Å². The average Bonchev–Trinajstić information content (AvgIpc) is 3.19. The van der Waals surface area contributed by atoms with Gasteiger partial charge in [-0.15, -0.1) is 0 Å². The number of fused-ring (bicyclic) bond motifs is 1. The largest absolute Gasteiger partial charge is 0.490 e. The lowest BCUT2D eigenvalue weighted by Crippen LogP contribution is -2.54. The van der Waals surface area contributed by atoms with Gasteiger partial charge in [0.15, 0.2) is 0 Å². The molecule has 2 amide bonds. The smallest absolute Gasteiger partial charge is 0.426 e. The van der Waals surface area contributed by atoms with E-state index in [0.717, 1.165) is 53.2 Å². The van der Waals surface area contributed by atoms with Gasteiger partial charge >= 0.3 is 6.09 Å². The maximum atomic E-state index is 14.5. The van der Waals surface area contributed by atoms with E-state index in [4.69, 9.17) is 28.4 Å². The molecule has 5 rings (SSSR count). The summed E-state index contributed by atoms with van der Waals surface area (Å²) in [4.78, 5) is 28.2. The summed E-state index contributed by atoms with van der Waals surface area (Å²) < 4.78 is 64.9. The van der Waals surface area contributed by atoms with Crippen molar-refractivity contribution in [2.45, 2.75) is 95.7 Å². The van der Waals surface area contributed by atoms with E-state index >= 15 is 0 Å². The summed E-state index contributed by atoms with van der Waals surface area (Å²) in [5, 5.41) is 0. The molecule has 0 saturated carbocycles. The topological polar surface area (TPSA) is 154 Å². The van der Waals surface area contributed by atoms with Crippen LogP contribution in [0.15, 0.2) is 71.6 Å². The normalized spacial score (nSPS) is 19.0. The highest BCUT2D eigenvalue weighted by molar-refractivity contribution is 7.89. The van der Waals surface area contributed by atoms with E-state index in [9.17, 15) is 18.0 Å². The van der Waals surface area contributed by atoms with Crippen LogP contribution in [0.1, 0.15) is 75.1 Å². The third kappa shape index (κ3) is 13.4. The first-order valence-corrected chi connectivity index (χ1v) is 21.7. The summed E-state index contributed by atoms with van der Waals surface area (Å²) in [5.41, 5.74) is 8.68. The fourth-order valence-corrected chi connectivity index (χ4v) is 9.01. The summed E-state index contributed by atoms with van der Waals surface area (Å²) in [6, 6.07) is 20.0. The number of rotatable bonds is 18. The predicted molar refractivity (Wildman–Crippen MR) is 225 cm³/mol. The lowest BCUT2D eigenvalue weighted by Gasteiger charge is -2.43. The van der Waals surface area contributed by atoms with E-state index in [0.29, 0.717) is 33.0 Å². The fraction of sp³-hybridized carbons (Fsp3) is 0.545. The molecule has 0 spiro atoms. The van der Waals surface area contributed by atoms with Crippen LogP contribution in [0.3, 0.4) is 0 Å². The van der Waals surface area contributed by atoms with Crippen molar-refractivity contribution in [2.24, 2.45) is 5.92 Å². The molecule has 59 heavy (non-hydrogen) atoms. The van der Waals surface area contributed by atoms with Crippen LogP contribution in [0.4, 0.5) is 10.5 Å². The van der Waals surface area contributed by atoms with Crippen LogP contribution in [0.2, 0.25) is 0 Å². The molecule has 2 aliphatic heterocycles. The van der Waals surface area contributed by atoms with Crippen molar-refractivity contribution >= 4 is 27.7 Å². The quantitative estimate of drug-likeness (QED) is 0.113. The zero-order chi connectivity index (χ0) is 42.6. The van der Waals surface area contributed by atoms with Gasteiger partial charge in [0, 0.05) is 58.2 Å². The molecule has 0 aliphatic carbocycles. The Balaban J connectivity index is 1.43. The van der Waals surface area contributed by atoms with E-state index in [1.54, 1.807) is 59.3 Å². The number of carbonyl (C=O) groups excluding carboxylic acids is 2. The van der Waals surface area contributed by atoms with Gasteiger partial charge in [-0.25, -0.2) is 18.6 Å². The van der Waals surface area contributed by atoms with Crippen LogP contribution < -0.4 is 20.5 Å². The van der Waals surface area contributed by atoms with Crippen molar-refractivity contribution in [2.75, 3.05) is 65.2 Å². The lowest BCUT2D eigenvalue weighted by molar-refractivity contribution is -0.123. The van der Waals surface area contributed by atoms with Crippen LogP contribution in [-0.4, -0.2) is 103 Å². The summed E-state index contributed by atoms with van der Waals surface area (Å²) in [5.74, 6) is 0.208. The van der Waals surface area contributed by atoms with Gasteiger partial charge in [-0.3, -0.25) is 10.2 Å². The second-order valence-corrected chi connectivity index (χ2v) is 18.3. The number of hydrazine groups is 1. The summed E-state index contributed by atoms with van der Waals surface area (Å²) in [7, 11) is -0.734. The number of nitrogens with one attached hydrogen (secondary N) is 2. The number of hydrogen-bond acceptors (Lipinski definition) is 11. The summed E-state index contributed by atoms with van der Waals surface area (Å²) in [6.45, 7) is 13.7. The first-order chi connectivity index (χ1) is 28.2. The number of ether oxygens (including phenoxy) is 6. The van der Waals surface area contributed by atoms with E-state index in [2.05, 4.69) is 28.7 Å². The van der Waals surface area contributed by atoms with Gasteiger partial charge in [0.1, 0.15) is 18.0 Å². The lowest BCUT2D eigenvalue weighted by atomic mass is 9.83. The van der Waals surface area contributed by atoms with E-state index in [1.807, 2.05) is 43.3 Å². The van der Waals surface area contributed by atoms with Crippen molar-refractivity contribution < 1.29 is 46.4 Å². The van der Waals surface area contributed by atoms with Crippen LogP contribution in [-0.2, 0) is 51.7 Å². The van der Waals surface area contributed by atoms with Crippen LogP contribution in [0, 0.1) is 12.8 Å². The number of benzene rings is 3. The van der Waals surface area contributed by atoms with Gasteiger partial charge in [0.05, 0.1) is 49.7 Å². The monoisotopic (exact) mass is 838 g/mol. The molecule has 324 valence electrons. The fourth-order valence-electron chi connectivity index (χ4n) is 7.37. The summed E-state index contributed by atoms with van der Waals surface area (Å²) >= 11 is 0. The van der Waals surface area contributed by atoms with Gasteiger partial charge in [0.2, 0.25) is 15.9 Å². The number of nitrogens with zero attached hydrogens (tertiary/aromatic N) is 2. The molecule has 3 aromatic rings. The molecule has 15 heteroatoms. The standard InChI is InChI=1S/C44H62N4O10S/c1-31-9-16-37(17-10-31)59(51,52)48-26-41(57-30-34-13-18-40-39(23-34)47(20-22-56-40)19-8-21-53-6)38(24-36(48)25-42(49)45-46-43(50)58-44(3,4)5)35-14-11-33(12-15-35)29-55-28-32(2)27-54-7/h9-18,23,32,36,38,41H,8,19-22,24-30H2,1-7H3,(H,45,49)(H,46,50)/t32?,36-,38-,41+/m1/s1. The third-order valence-corrected chi connectivity index (χ3v) is 12.2. The Morgan fingerprint density at radius 2 is 1.66 bits per heavy atom. The maximum Gasteiger partial charge on any atom is 0.426 e. The van der Waals surface area contributed by atoms with E-state index in [1.165, 1.54) is 4.31 Å². The minimum atomic E-state index is -4.11. The number of hydrogen-bond donors (Lipinski definition) is 2. The molecule has 2 heterocycles. The molecule has 3 aromatic carbocycles. The summed E-state index contributed by atoms with van der Waals surface area (Å²) in [6.07, 6.45) is -0.490. The molecule has 1 fully saturated rings. The van der Waals surface area contributed by atoms with E-state index < -0.39 is 39.8 Å². The first kappa shape index (κ1) is 45.8. The Labute approximate surface area is 349 Å². The molecule has 2 N–H and O–H groups in total. The molecule has 4 atom stereocenters. The van der Waals surface area contributed by atoms with Crippen LogP contribution in [0.25, 0.3) is 0 Å². The van der Waals surface area contributed by atoms with Crippen molar-refractivity contribution in [1.29, 1.82) is 0 Å². The highest BCUT2D eigenvalue weighted by Crippen LogP contribution is 2.39. The average molecular weight is 839 g/mol. The van der Waals surface area contributed by atoms with Crippen LogP contribution >= 0.6 is 0 Å². The minimum Gasteiger partial charge on any atom is -0.490 e. The van der Waals surface area contributed by atoms with Gasteiger partial charge in [-0.1, -0.05) is 55.0 Å². The van der Waals surface area contributed by atoms with E-state index in [-0.39, 0.29) is 42.7 Å². The van der Waals surface area contributed by atoms with Crippen molar-refractivity contribution in [1.82, 2.24) is 15.2 Å². The van der Waals surface area contributed by atoms with Crippen molar-refractivity contribution in [3.63, 3.8) is 0 Å². The number of sulfonamides is 1. The SMILES string of the molecule is COCCCN1CCOc2ccc(CO[C@H]3CN(S(=O)(=O)c4ccc(C)cc4)[C@@H](CC(=O)NNC(=O)OC(C)(C)C)C[C@@H]3c3ccc(COCC(C)COC)cc3)cc21. The second kappa shape index (κ2) is 21.3. The number of aryl methyl sites for hydroxylation is 1. The highest BCUT2D eigenvalue weighted by atomic mass is 32.2. The molecule has 2 aliphatic rings. The number of amides is 2. The highest BCUT2D eigenvalue weighted by Gasteiger charge is 2.44. The maximum absolute atomic E-state index is 14.5. The molecule has 1 unspecified atom stereocenters. The van der Waals surface area contributed by atoms with Gasteiger partial charge in [-0.2, -0.15) is 4.31 Å². The predicted octanol–water partition coefficient (Wildman–Crippen LogP) is 6.11. The zero-order valence-corrected chi connectivity index (χ0v) is 36.3.